The fourth-order valence-corrected chi connectivity index (χ4v) is 2.68. The normalized spacial score (nSPS) is 13.8. The molecular formula is C19H20N2O3. The minimum absolute atomic E-state index is 0.0220. The van der Waals surface area contributed by atoms with E-state index in [9.17, 15) is 9.59 Å². The fourth-order valence-electron chi connectivity index (χ4n) is 2.68. The largest absolute Gasteiger partial charge is 0.491 e. The summed E-state index contributed by atoms with van der Waals surface area (Å²) >= 11 is 0. The monoisotopic (exact) mass is 324 g/mol. The van der Waals surface area contributed by atoms with E-state index in [-0.39, 0.29) is 11.8 Å². The third-order valence-corrected chi connectivity index (χ3v) is 4.23. The summed E-state index contributed by atoms with van der Waals surface area (Å²) in [5, 5.41) is 2.92. The number of carbonyl (C=O) groups excluding carboxylic acids is 2. The van der Waals surface area contributed by atoms with Crippen LogP contribution in [0, 0.1) is 6.92 Å². The maximum Gasteiger partial charge on any atom is 0.251 e. The Hall–Kier alpha value is -2.82. The van der Waals surface area contributed by atoms with Crippen molar-refractivity contribution in [3.63, 3.8) is 0 Å². The van der Waals surface area contributed by atoms with E-state index >= 15 is 0 Å². The topological polar surface area (TPSA) is 58.6 Å². The number of benzene rings is 2. The first-order chi connectivity index (χ1) is 11.6. The van der Waals surface area contributed by atoms with Crippen molar-refractivity contribution in [3.8, 4) is 5.75 Å². The fraction of sp³-hybridized carbons (Fsp3) is 0.263. The molecule has 5 nitrogen and oxygen atoms in total. The molecule has 0 aliphatic carbocycles. The lowest BCUT2D eigenvalue weighted by molar-refractivity contribution is -0.118. The zero-order chi connectivity index (χ0) is 17.1. The Morgan fingerprint density at radius 3 is 2.83 bits per heavy atom. The van der Waals surface area contributed by atoms with E-state index in [0.717, 1.165) is 11.1 Å². The van der Waals surface area contributed by atoms with Gasteiger partial charge in [0.25, 0.3) is 5.91 Å². The molecule has 5 heteroatoms. The molecule has 24 heavy (non-hydrogen) atoms. The molecule has 2 aromatic carbocycles. The number of fused-ring (bicyclic) bond motifs is 1. The molecule has 0 unspecified atom stereocenters. The average molecular weight is 324 g/mol. The summed E-state index contributed by atoms with van der Waals surface area (Å²) in [6.45, 7) is 2.84. The molecular weight excluding hydrogens is 304 g/mol. The molecule has 2 amide bonds. The highest BCUT2D eigenvalue weighted by molar-refractivity contribution is 5.99. The van der Waals surface area contributed by atoms with Crippen LogP contribution in [-0.4, -0.2) is 25.5 Å². The molecule has 1 N–H and O–H groups in total. The van der Waals surface area contributed by atoms with Crippen molar-refractivity contribution >= 4 is 17.5 Å². The molecule has 0 saturated carbocycles. The number of anilines is 1. The van der Waals surface area contributed by atoms with Crippen molar-refractivity contribution in [1.82, 2.24) is 5.32 Å². The Morgan fingerprint density at radius 1 is 1.25 bits per heavy atom. The maximum atomic E-state index is 12.4. The van der Waals surface area contributed by atoms with Gasteiger partial charge in [-0.15, -0.1) is 0 Å². The number of rotatable bonds is 3. The van der Waals surface area contributed by atoms with Gasteiger partial charge in [0, 0.05) is 19.2 Å². The molecule has 0 aromatic heterocycles. The third-order valence-electron chi connectivity index (χ3n) is 4.23. The predicted octanol–water partition coefficient (Wildman–Crippen LogP) is 2.67. The molecule has 0 fully saturated rings. The number of hydrogen-bond acceptors (Lipinski definition) is 3. The second-order valence-electron chi connectivity index (χ2n) is 5.84. The molecule has 1 aliphatic heterocycles. The van der Waals surface area contributed by atoms with Crippen LogP contribution in [0.5, 0.6) is 5.75 Å². The highest BCUT2D eigenvalue weighted by Crippen LogP contribution is 2.31. The Balaban J connectivity index is 1.77. The molecule has 0 bridgehead atoms. The van der Waals surface area contributed by atoms with Gasteiger partial charge in [-0.05, 0) is 36.2 Å². The predicted molar refractivity (Wildman–Crippen MR) is 92.3 cm³/mol. The lowest BCUT2D eigenvalue weighted by atomic mass is 10.1. The lowest BCUT2D eigenvalue weighted by Crippen LogP contribution is -2.26. The smallest absolute Gasteiger partial charge is 0.251 e. The molecule has 0 spiro atoms. The van der Waals surface area contributed by atoms with Gasteiger partial charge < -0.3 is 15.0 Å². The van der Waals surface area contributed by atoms with Gasteiger partial charge in [-0.2, -0.15) is 0 Å². The number of hydrogen-bond donors (Lipinski definition) is 1. The lowest BCUT2D eigenvalue weighted by Gasteiger charge is -2.17. The number of carbonyl (C=O) groups is 2. The molecule has 3 rings (SSSR count). The van der Waals surface area contributed by atoms with Crippen LogP contribution in [0.25, 0.3) is 0 Å². The number of nitrogens with zero attached hydrogens (tertiary/aromatic N) is 1. The quantitative estimate of drug-likeness (QED) is 0.944. The second-order valence-corrected chi connectivity index (χ2v) is 5.84. The van der Waals surface area contributed by atoms with Crippen molar-refractivity contribution in [3.05, 3.63) is 59.2 Å². The SMILES string of the molecule is Cc1ccccc1CNC(=O)c1ccc2c(c1)N(C)C(=O)CCO2. The minimum atomic E-state index is -0.175. The van der Waals surface area contributed by atoms with Crippen LogP contribution in [0.4, 0.5) is 5.69 Å². The van der Waals surface area contributed by atoms with E-state index in [4.69, 9.17) is 4.74 Å². The van der Waals surface area contributed by atoms with Crippen LogP contribution < -0.4 is 15.0 Å². The van der Waals surface area contributed by atoms with Gasteiger partial charge in [0.15, 0.2) is 0 Å². The van der Waals surface area contributed by atoms with Crippen LogP contribution in [0.2, 0.25) is 0 Å². The zero-order valence-corrected chi connectivity index (χ0v) is 13.8. The van der Waals surface area contributed by atoms with Crippen molar-refractivity contribution in [2.75, 3.05) is 18.6 Å². The van der Waals surface area contributed by atoms with Crippen LogP contribution in [0.15, 0.2) is 42.5 Å². The highest BCUT2D eigenvalue weighted by Gasteiger charge is 2.21. The van der Waals surface area contributed by atoms with E-state index in [1.165, 1.54) is 0 Å². The molecule has 1 heterocycles. The van der Waals surface area contributed by atoms with Crippen molar-refractivity contribution < 1.29 is 14.3 Å². The molecule has 0 saturated heterocycles. The first-order valence-electron chi connectivity index (χ1n) is 7.92. The molecule has 0 atom stereocenters. The van der Waals surface area contributed by atoms with E-state index in [1.54, 1.807) is 30.1 Å². The summed E-state index contributed by atoms with van der Waals surface area (Å²) in [5.74, 6) is 0.427. The Kier molecular flexibility index (Phi) is 4.51. The number of nitrogens with one attached hydrogen (secondary N) is 1. The zero-order valence-electron chi connectivity index (χ0n) is 13.8. The van der Waals surface area contributed by atoms with Crippen LogP contribution in [-0.2, 0) is 11.3 Å². The van der Waals surface area contributed by atoms with Gasteiger partial charge in [-0.3, -0.25) is 9.59 Å². The van der Waals surface area contributed by atoms with Gasteiger partial charge in [0.05, 0.1) is 18.7 Å². The van der Waals surface area contributed by atoms with Gasteiger partial charge in [-0.25, -0.2) is 0 Å². The number of aryl methyl sites for hydroxylation is 1. The van der Waals surface area contributed by atoms with Gasteiger partial charge >= 0.3 is 0 Å². The summed E-state index contributed by atoms with van der Waals surface area (Å²) in [5.41, 5.74) is 3.35. The summed E-state index contributed by atoms with van der Waals surface area (Å²) in [7, 11) is 1.70. The summed E-state index contributed by atoms with van der Waals surface area (Å²) in [6.07, 6.45) is 0.333. The minimum Gasteiger partial charge on any atom is -0.491 e. The van der Waals surface area contributed by atoms with Crippen molar-refractivity contribution in [1.29, 1.82) is 0 Å². The summed E-state index contributed by atoms with van der Waals surface area (Å²) in [6, 6.07) is 13.1. The molecule has 0 radical (unpaired) electrons. The third kappa shape index (κ3) is 3.25. The van der Waals surface area contributed by atoms with Crippen molar-refractivity contribution in [2.24, 2.45) is 0 Å². The summed E-state index contributed by atoms with van der Waals surface area (Å²) in [4.78, 5) is 25.9. The van der Waals surface area contributed by atoms with Gasteiger partial charge in [-0.1, -0.05) is 24.3 Å². The Bertz CT molecular complexity index is 786. The maximum absolute atomic E-state index is 12.4. The number of amides is 2. The standard InChI is InChI=1S/C19H20N2O3/c1-13-5-3-4-6-15(13)12-20-19(23)14-7-8-17-16(11-14)21(2)18(22)9-10-24-17/h3-8,11H,9-10,12H2,1-2H3,(H,20,23). The second kappa shape index (κ2) is 6.74. The van der Waals surface area contributed by atoms with Crippen LogP contribution >= 0.6 is 0 Å². The van der Waals surface area contributed by atoms with E-state index in [0.29, 0.717) is 36.6 Å². The van der Waals surface area contributed by atoms with Gasteiger partial charge in [0.2, 0.25) is 5.91 Å². The van der Waals surface area contributed by atoms with Crippen molar-refractivity contribution in [2.45, 2.75) is 19.9 Å². The van der Waals surface area contributed by atoms with Crippen LogP contribution in [0.1, 0.15) is 27.9 Å². The number of ether oxygens (including phenoxy) is 1. The summed E-state index contributed by atoms with van der Waals surface area (Å²) < 4.78 is 5.57. The molecule has 124 valence electrons. The Labute approximate surface area is 141 Å². The van der Waals surface area contributed by atoms with Crippen LogP contribution in [0.3, 0.4) is 0 Å². The highest BCUT2D eigenvalue weighted by atomic mass is 16.5. The first kappa shape index (κ1) is 16.1. The van der Waals surface area contributed by atoms with E-state index in [1.807, 2.05) is 31.2 Å². The molecule has 1 aliphatic rings. The Morgan fingerprint density at radius 2 is 2.04 bits per heavy atom. The van der Waals surface area contributed by atoms with E-state index < -0.39 is 0 Å². The first-order valence-corrected chi connectivity index (χ1v) is 7.92. The van der Waals surface area contributed by atoms with Gasteiger partial charge in [0.1, 0.15) is 5.75 Å². The average Bonchev–Trinajstić information content (AvgIpc) is 2.73. The van der Waals surface area contributed by atoms with E-state index in [2.05, 4.69) is 5.32 Å². The molecule has 2 aromatic rings.